The van der Waals surface area contributed by atoms with Crippen LogP contribution in [0.5, 0.6) is 0 Å². The van der Waals surface area contributed by atoms with Gasteiger partial charge in [0.05, 0.1) is 0 Å². The fourth-order valence-electron chi connectivity index (χ4n) is 0.882. The molecule has 0 aromatic rings. The first-order valence-electron chi connectivity index (χ1n) is 4.10. The third-order valence-electron chi connectivity index (χ3n) is 1.50. The predicted molar refractivity (Wildman–Crippen MR) is 45.5 cm³/mol. The lowest BCUT2D eigenvalue weighted by Gasteiger charge is -1.94. The first kappa shape index (κ1) is 10.2. The Labute approximate surface area is 67.9 Å². The Morgan fingerprint density at radius 3 is 2.64 bits per heavy atom. The minimum atomic E-state index is -0.684. The topological polar surface area (TPSA) is 37.3 Å². The Hall–Kier alpha value is -0.790. The maximum absolute atomic E-state index is 10.1. The molecule has 0 heterocycles. The van der Waals surface area contributed by atoms with Crippen LogP contribution in [-0.4, -0.2) is 11.1 Å². The summed E-state index contributed by atoms with van der Waals surface area (Å²) in [6, 6.07) is 0. The van der Waals surface area contributed by atoms with E-state index in [2.05, 4.69) is 6.08 Å². The largest absolute Gasteiger partial charge is 0.481 e. The molecule has 0 saturated heterocycles. The van der Waals surface area contributed by atoms with Crippen molar-refractivity contribution in [3.8, 4) is 0 Å². The van der Waals surface area contributed by atoms with Gasteiger partial charge >= 0.3 is 5.97 Å². The average Bonchev–Trinajstić information content (AvgIpc) is 1.96. The molecule has 0 aliphatic heterocycles. The second-order valence-electron chi connectivity index (χ2n) is 2.56. The van der Waals surface area contributed by atoms with Crippen LogP contribution in [0.1, 0.15) is 39.0 Å². The molecule has 0 aliphatic carbocycles. The molecule has 0 atom stereocenters. The smallest absolute Gasteiger partial charge is 0.303 e. The number of carboxylic acids is 1. The van der Waals surface area contributed by atoms with Crippen LogP contribution in [0.15, 0.2) is 12.2 Å². The number of unbranched alkanes of at least 4 members (excludes halogenated alkanes) is 3. The summed E-state index contributed by atoms with van der Waals surface area (Å²) >= 11 is 0. The van der Waals surface area contributed by atoms with Crippen LogP contribution in [0.25, 0.3) is 0 Å². The van der Waals surface area contributed by atoms with Crippen molar-refractivity contribution in [2.24, 2.45) is 0 Å². The number of allylic oxidation sites excluding steroid dienone is 2. The summed E-state index contributed by atoms with van der Waals surface area (Å²) in [6.45, 7) is 2.00. The van der Waals surface area contributed by atoms with Crippen molar-refractivity contribution in [3.63, 3.8) is 0 Å². The van der Waals surface area contributed by atoms with Gasteiger partial charge in [-0.15, -0.1) is 0 Å². The molecule has 11 heavy (non-hydrogen) atoms. The number of aliphatic carboxylic acids is 1. The zero-order valence-corrected chi connectivity index (χ0v) is 7.05. The quantitative estimate of drug-likeness (QED) is 0.474. The fraction of sp³-hybridized carbons (Fsp3) is 0.667. The number of hydrogen-bond donors (Lipinski definition) is 1. The van der Waals surface area contributed by atoms with E-state index >= 15 is 0 Å². The van der Waals surface area contributed by atoms with Gasteiger partial charge in [0, 0.05) is 6.42 Å². The summed E-state index contributed by atoms with van der Waals surface area (Å²) in [5.74, 6) is -0.684. The highest BCUT2D eigenvalue weighted by Crippen LogP contribution is 2.03. The Bertz CT molecular complexity index is 128. The highest BCUT2D eigenvalue weighted by atomic mass is 16.4. The Balaban J connectivity index is 2.96. The van der Waals surface area contributed by atoms with Crippen LogP contribution in [0.3, 0.4) is 0 Å². The molecule has 0 radical (unpaired) electrons. The van der Waals surface area contributed by atoms with Gasteiger partial charge in [0.1, 0.15) is 0 Å². The lowest BCUT2D eigenvalue weighted by atomic mass is 10.1. The molecule has 1 N–H and O–H groups in total. The van der Waals surface area contributed by atoms with Crippen molar-refractivity contribution < 1.29 is 9.90 Å². The van der Waals surface area contributed by atoms with Crippen LogP contribution < -0.4 is 0 Å². The highest BCUT2D eigenvalue weighted by Gasteiger charge is 1.94. The van der Waals surface area contributed by atoms with Crippen molar-refractivity contribution >= 4 is 5.97 Å². The molecular weight excluding hydrogens is 140 g/mol. The van der Waals surface area contributed by atoms with Crippen LogP contribution in [0.2, 0.25) is 0 Å². The van der Waals surface area contributed by atoms with Crippen LogP contribution in [-0.2, 0) is 4.79 Å². The molecule has 0 saturated carbocycles. The van der Waals surface area contributed by atoms with Gasteiger partial charge in [0.2, 0.25) is 0 Å². The Morgan fingerprint density at radius 1 is 1.36 bits per heavy atom. The summed E-state index contributed by atoms with van der Waals surface area (Å²) in [4.78, 5) is 10.1. The molecular formula is C9H16O2. The molecule has 0 aliphatic rings. The first-order valence-corrected chi connectivity index (χ1v) is 4.10. The zero-order valence-electron chi connectivity index (χ0n) is 7.05. The van der Waals surface area contributed by atoms with Crippen molar-refractivity contribution in [2.75, 3.05) is 0 Å². The van der Waals surface area contributed by atoms with E-state index in [0.717, 1.165) is 25.7 Å². The van der Waals surface area contributed by atoms with Crippen LogP contribution in [0.4, 0.5) is 0 Å². The standard InChI is InChI=1S/C9H16O2/c1-2-3-4-5-6-7-8-9(10)11/h2-3H,4-8H2,1H3,(H,10,11)/b3-2+. The molecule has 0 spiro atoms. The van der Waals surface area contributed by atoms with Gasteiger partial charge in [-0.25, -0.2) is 0 Å². The number of carboxylic acid groups (broad SMARTS) is 1. The van der Waals surface area contributed by atoms with Gasteiger partial charge in [-0.3, -0.25) is 4.79 Å². The highest BCUT2D eigenvalue weighted by molar-refractivity contribution is 5.66. The summed E-state index contributed by atoms with van der Waals surface area (Å²) < 4.78 is 0. The van der Waals surface area contributed by atoms with E-state index in [-0.39, 0.29) is 0 Å². The minimum Gasteiger partial charge on any atom is -0.481 e. The second kappa shape index (κ2) is 7.32. The predicted octanol–water partition coefficient (Wildman–Crippen LogP) is 2.60. The summed E-state index contributed by atoms with van der Waals surface area (Å²) in [5, 5.41) is 8.30. The van der Waals surface area contributed by atoms with E-state index in [4.69, 9.17) is 5.11 Å². The molecule has 2 heteroatoms. The molecule has 0 bridgehead atoms. The maximum Gasteiger partial charge on any atom is 0.303 e. The number of rotatable bonds is 6. The second-order valence-corrected chi connectivity index (χ2v) is 2.56. The molecule has 0 aromatic heterocycles. The zero-order chi connectivity index (χ0) is 8.53. The van der Waals surface area contributed by atoms with Gasteiger partial charge in [0.15, 0.2) is 0 Å². The summed E-state index contributed by atoms with van der Waals surface area (Å²) in [7, 11) is 0. The lowest BCUT2D eigenvalue weighted by Crippen LogP contribution is -1.93. The van der Waals surface area contributed by atoms with Crippen molar-refractivity contribution in [1.29, 1.82) is 0 Å². The van der Waals surface area contributed by atoms with Crippen LogP contribution >= 0.6 is 0 Å². The molecule has 64 valence electrons. The minimum absolute atomic E-state index is 0.315. The van der Waals surface area contributed by atoms with Gasteiger partial charge in [0.25, 0.3) is 0 Å². The molecule has 0 unspecified atom stereocenters. The van der Waals surface area contributed by atoms with E-state index < -0.39 is 5.97 Å². The van der Waals surface area contributed by atoms with E-state index in [1.54, 1.807) is 0 Å². The van der Waals surface area contributed by atoms with E-state index in [9.17, 15) is 4.79 Å². The molecule has 0 amide bonds. The molecule has 0 rings (SSSR count). The van der Waals surface area contributed by atoms with Crippen molar-refractivity contribution in [1.82, 2.24) is 0 Å². The van der Waals surface area contributed by atoms with Gasteiger partial charge < -0.3 is 5.11 Å². The first-order chi connectivity index (χ1) is 5.27. The summed E-state index contributed by atoms with van der Waals surface area (Å²) in [6.07, 6.45) is 8.48. The summed E-state index contributed by atoms with van der Waals surface area (Å²) in [5.41, 5.74) is 0. The third kappa shape index (κ3) is 9.21. The Kier molecular flexibility index (Phi) is 6.79. The normalized spacial score (nSPS) is 10.6. The fourth-order valence-corrected chi connectivity index (χ4v) is 0.882. The third-order valence-corrected chi connectivity index (χ3v) is 1.50. The van der Waals surface area contributed by atoms with E-state index in [0.29, 0.717) is 6.42 Å². The maximum atomic E-state index is 10.1. The van der Waals surface area contributed by atoms with Gasteiger partial charge in [-0.05, 0) is 26.2 Å². The molecule has 2 nitrogen and oxygen atoms in total. The van der Waals surface area contributed by atoms with E-state index in [1.807, 2.05) is 13.0 Å². The SMILES string of the molecule is C/C=C/CCCCCC(=O)O. The molecule has 0 aromatic carbocycles. The number of hydrogen-bond acceptors (Lipinski definition) is 1. The van der Waals surface area contributed by atoms with Crippen LogP contribution in [0, 0.1) is 0 Å². The van der Waals surface area contributed by atoms with Gasteiger partial charge in [-0.2, -0.15) is 0 Å². The Morgan fingerprint density at radius 2 is 2.09 bits per heavy atom. The average molecular weight is 156 g/mol. The lowest BCUT2D eigenvalue weighted by molar-refractivity contribution is -0.137. The number of carbonyl (C=O) groups is 1. The van der Waals surface area contributed by atoms with E-state index in [1.165, 1.54) is 0 Å². The molecule has 0 fully saturated rings. The van der Waals surface area contributed by atoms with Crippen molar-refractivity contribution in [2.45, 2.75) is 39.0 Å². The monoisotopic (exact) mass is 156 g/mol. The van der Waals surface area contributed by atoms with Crippen molar-refractivity contribution in [3.05, 3.63) is 12.2 Å². The van der Waals surface area contributed by atoms with Gasteiger partial charge in [-0.1, -0.05) is 18.6 Å².